The summed E-state index contributed by atoms with van der Waals surface area (Å²) in [5, 5.41) is 6.31. The second-order valence-electron chi connectivity index (χ2n) is 5.32. The summed E-state index contributed by atoms with van der Waals surface area (Å²) in [6.45, 7) is 1.74. The number of nitrogens with two attached hydrogens (primary N) is 1. The monoisotopic (exact) mass is 366 g/mol. The third-order valence-electron chi connectivity index (χ3n) is 3.50. The number of aryl methyl sites for hydroxylation is 1. The van der Waals surface area contributed by atoms with E-state index in [0.29, 0.717) is 11.4 Å². The summed E-state index contributed by atoms with van der Waals surface area (Å²) in [5.41, 5.74) is 4.84. The number of amides is 1. The van der Waals surface area contributed by atoms with Gasteiger partial charge in [0.2, 0.25) is 0 Å². The molecular formula is C15H13F3N6O2. The third-order valence-corrected chi connectivity index (χ3v) is 3.50. The number of rotatable bonds is 3. The van der Waals surface area contributed by atoms with Crippen LogP contribution in [0.4, 0.5) is 24.7 Å². The van der Waals surface area contributed by atoms with Crippen molar-refractivity contribution < 1.29 is 22.7 Å². The Morgan fingerprint density at radius 1 is 1.38 bits per heavy atom. The average Bonchev–Trinajstić information content (AvgIpc) is 2.90. The van der Waals surface area contributed by atoms with Crippen LogP contribution in [0.1, 0.15) is 21.7 Å². The van der Waals surface area contributed by atoms with Crippen LogP contribution in [0, 0.1) is 6.92 Å². The molecule has 0 bridgehead atoms. The fourth-order valence-corrected chi connectivity index (χ4v) is 2.30. The first-order chi connectivity index (χ1) is 12.2. The SMILES string of the molecule is COc1cc(C)ncc1NC(=O)c1c(N)nn2ccc(C(F)(F)F)nc12. The minimum atomic E-state index is -4.67. The molecule has 0 radical (unpaired) electrons. The van der Waals surface area contributed by atoms with Gasteiger partial charge in [-0.05, 0) is 13.0 Å². The van der Waals surface area contributed by atoms with E-state index in [1.807, 2.05) is 0 Å². The Balaban J connectivity index is 2.04. The van der Waals surface area contributed by atoms with Crippen molar-refractivity contribution in [3.8, 4) is 5.75 Å². The molecule has 0 unspecified atom stereocenters. The van der Waals surface area contributed by atoms with E-state index in [0.717, 1.165) is 16.8 Å². The van der Waals surface area contributed by atoms with Gasteiger partial charge in [0.05, 0.1) is 13.3 Å². The van der Waals surface area contributed by atoms with Crippen LogP contribution < -0.4 is 15.8 Å². The van der Waals surface area contributed by atoms with Crippen molar-refractivity contribution >= 4 is 23.1 Å². The number of nitrogen functional groups attached to an aromatic ring is 1. The highest BCUT2D eigenvalue weighted by Crippen LogP contribution is 2.29. The normalized spacial score (nSPS) is 11.6. The second-order valence-corrected chi connectivity index (χ2v) is 5.32. The standard InChI is InChI=1S/C15H13F3N6O2/c1-7-5-9(26-2)8(6-20-7)21-14(25)11-12(19)23-24-4-3-10(15(16,17)18)22-13(11)24/h3-6H,1-2H3,(H2,19,23)(H,21,25). The molecule has 3 aromatic heterocycles. The van der Waals surface area contributed by atoms with Gasteiger partial charge in [0.15, 0.2) is 11.5 Å². The predicted octanol–water partition coefficient (Wildman–Crippen LogP) is 2.29. The number of aromatic nitrogens is 4. The van der Waals surface area contributed by atoms with Gasteiger partial charge in [-0.3, -0.25) is 9.78 Å². The van der Waals surface area contributed by atoms with Crippen molar-refractivity contribution in [3.05, 3.63) is 41.5 Å². The van der Waals surface area contributed by atoms with Gasteiger partial charge in [0, 0.05) is 18.0 Å². The Morgan fingerprint density at radius 3 is 2.77 bits per heavy atom. The predicted molar refractivity (Wildman–Crippen MR) is 85.9 cm³/mol. The zero-order chi connectivity index (χ0) is 19.1. The van der Waals surface area contributed by atoms with Crippen molar-refractivity contribution in [3.63, 3.8) is 0 Å². The number of carbonyl (C=O) groups excluding carboxylic acids is 1. The summed E-state index contributed by atoms with van der Waals surface area (Å²) >= 11 is 0. The highest BCUT2D eigenvalue weighted by Gasteiger charge is 2.33. The summed E-state index contributed by atoms with van der Waals surface area (Å²) < 4.78 is 44.8. The number of ether oxygens (including phenoxy) is 1. The van der Waals surface area contributed by atoms with E-state index >= 15 is 0 Å². The fraction of sp³-hybridized carbons (Fsp3) is 0.200. The van der Waals surface area contributed by atoms with E-state index in [4.69, 9.17) is 10.5 Å². The Morgan fingerprint density at radius 2 is 2.12 bits per heavy atom. The van der Waals surface area contributed by atoms with Gasteiger partial charge in [-0.15, -0.1) is 5.10 Å². The highest BCUT2D eigenvalue weighted by atomic mass is 19.4. The number of halogens is 3. The first-order valence-electron chi connectivity index (χ1n) is 7.24. The van der Waals surface area contributed by atoms with Crippen molar-refractivity contribution in [1.82, 2.24) is 19.6 Å². The number of hydrogen-bond donors (Lipinski definition) is 2. The summed E-state index contributed by atoms with van der Waals surface area (Å²) in [5.74, 6) is -0.702. The number of nitrogens with one attached hydrogen (secondary N) is 1. The lowest BCUT2D eigenvalue weighted by molar-refractivity contribution is -0.141. The molecule has 3 heterocycles. The molecule has 0 fully saturated rings. The molecule has 8 nitrogen and oxygen atoms in total. The van der Waals surface area contributed by atoms with Crippen molar-refractivity contribution in [1.29, 1.82) is 0 Å². The molecule has 0 saturated heterocycles. The Kier molecular flexibility index (Phi) is 4.14. The Labute approximate surface area is 144 Å². The van der Waals surface area contributed by atoms with Gasteiger partial charge in [-0.25, -0.2) is 9.50 Å². The number of methoxy groups -OCH3 is 1. The molecule has 0 aliphatic carbocycles. The lowest BCUT2D eigenvalue weighted by atomic mass is 10.2. The Hall–Kier alpha value is -3.37. The van der Waals surface area contributed by atoms with Crippen LogP contribution in [0.5, 0.6) is 5.75 Å². The maximum absolute atomic E-state index is 12.9. The van der Waals surface area contributed by atoms with E-state index in [1.165, 1.54) is 13.3 Å². The second kappa shape index (κ2) is 6.17. The topological polar surface area (TPSA) is 107 Å². The van der Waals surface area contributed by atoms with Gasteiger partial charge >= 0.3 is 6.18 Å². The minimum absolute atomic E-state index is 0.230. The molecule has 0 aliphatic heterocycles. The van der Waals surface area contributed by atoms with Gasteiger partial charge < -0.3 is 15.8 Å². The molecule has 3 rings (SSSR count). The first-order valence-corrected chi connectivity index (χ1v) is 7.24. The number of alkyl halides is 3. The average molecular weight is 366 g/mol. The smallest absolute Gasteiger partial charge is 0.433 e. The molecule has 0 aliphatic rings. The quantitative estimate of drug-likeness (QED) is 0.736. The van der Waals surface area contributed by atoms with E-state index in [-0.39, 0.29) is 22.7 Å². The molecule has 3 N–H and O–H groups in total. The number of fused-ring (bicyclic) bond motifs is 1. The fourth-order valence-electron chi connectivity index (χ4n) is 2.30. The van der Waals surface area contributed by atoms with Crippen LogP contribution in [0.25, 0.3) is 5.65 Å². The number of pyridine rings is 1. The molecule has 3 aromatic rings. The van der Waals surface area contributed by atoms with Crippen LogP contribution in [-0.2, 0) is 6.18 Å². The van der Waals surface area contributed by atoms with E-state index in [1.54, 1.807) is 13.0 Å². The van der Waals surface area contributed by atoms with Crippen molar-refractivity contribution in [2.24, 2.45) is 0 Å². The number of nitrogens with zero attached hydrogens (tertiary/aromatic N) is 4. The van der Waals surface area contributed by atoms with Crippen molar-refractivity contribution in [2.75, 3.05) is 18.2 Å². The summed E-state index contributed by atoms with van der Waals surface area (Å²) in [7, 11) is 1.41. The van der Waals surface area contributed by atoms with E-state index in [9.17, 15) is 18.0 Å². The zero-order valence-electron chi connectivity index (χ0n) is 13.6. The molecule has 26 heavy (non-hydrogen) atoms. The number of carbonyl (C=O) groups is 1. The van der Waals surface area contributed by atoms with Crippen molar-refractivity contribution in [2.45, 2.75) is 13.1 Å². The highest BCUT2D eigenvalue weighted by molar-refractivity contribution is 6.12. The molecule has 0 atom stereocenters. The maximum atomic E-state index is 12.9. The molecule has 11 heteroatoms. The summed E-state index contributed by atoms with van der Waals surface area (Å²) in [4.78, 5) is 20.1. The molecular weight excluding hydrogens is 353 g/mol. The molecule has 0 spiro atoms. The van der Waals surface area contributed by atoms with Crippen LogP contribution in [-0.4, -0.2) is 32.6 Å². The molecule has 0 saturated carbocycles. The Bertz CT molecular complexity index is 999. The number of anilines is 2. The minimum Gasteiger partial charge on any atom is -0.494 e. The molecule has 0 aromatic carbocycles. The van der Waals surface area contributed by atoms with Crippen LogP contribution >= 0.6 is 0 Å². The molecule has 1 amide bonds. The van der Waals surface area contributed by atoms with Gasteiger partial charge in [-0.2, -0.15) is 13.2 Å². The maximum Gasteiger partial charge on any atom is 0.433 e. The van der Waals surface area contributed by atoms with E-state index in [2.05, 4.69) is 20.4 Å². The lowest BCUT2D eigenvalue weighted by Gasteiger charge is -2.10. The zero-order valence-corrected chi connectivity index (χ0v) is 13.6. The summed E-state index contributed by atoms with van der Waals surface area (Å²) in [6.07, 6.45) is -2.27. The van der Waals surface area contributed by atoms with Crippen LogP contribution in [0.2, 0.25) is 0 Å². The van der Waals surface area contributed by atoms with Gasteiger partial charge in [0.1, 0.15) is 22.7 Å². The van der Waals surface area contributed by atoms with Crippen LogP contribution in [0.3, 0.4) is 0 Å². The van der Waals surface area contributed by atoms with Gasteiger partial charge in [-0.1, -0.05) is 0 Å². The third kappa shape index (κ3) is 3.10. The van der Waals surface area contributed by atoms with Gasteiger partial charge in [0.25, 0.3) is 5.91 Å². The van der Waals surface area contributed by atoms with E-state index < -0.39 is 17.8 Å². The lowest BCUT2D eigenvalue weighted by Crippen LogP contribution is -2.16. The molecule has 136 valence electrons. The van der Waals surface area contributed by atoms with Crippen LogP contribution in [0.15, 0.2) is 24.5 Å². The number of hydrogen-bond acceptors (Lipinski definition) is 6. The largest absolute Gasteiger partial charge is 0.494 e. The first kappa shape index (κ1) is 17.5. The summed E-state index contributed by atoms with van der Waals surface area (Å²) in [6, 6.07) is 2.34.